The number of benzene rings is 1. The zero-order valence-corrected chi connectivity index (χ0v) is 12.9. The molecule has 22 heavy (non-hydrogen) atoms. The Morgan fingerprint density at radius 1 is 1.50 bits per heavy atom. The van der Waals surface area contributed by atoms with Crippen LogP contribution < -0.4 is 10.6 Å². The summed E-state index contributed by atoms with van der Waals surface area (Å²) >= 11 is 0. The molecule has 0 saturated carbocycles. The van der Waals surface area contributed by atoms with Crippen molar-refractivity contribution < 1.29 is 4.79 Å². The van der Waals surface area contributed by atoms with Gasteiger partial charge >= 0.3 is 6.03 Å². The van der Waals surface area contributed by atoms with E-state index in [2.05, 4.69) is 21.8 Å². The molecule has 2 aromatic rings. The first-order valence-corrected chi connectivity index (χ1v) is 7.03. The first-order chi connectivity index (χ1) is 10.5. The lowest BCUT2D eigenvalue weighted by molar-refractivity contribution is 0.237. The van der Waals surface area contributed by atoms with Crippen molar-refractivity contribution in [1.29, 1.82) is 5.26 Å². The summed E-state index contributed by atoms with van der Waals surface area (Å²) in [5, 5.41) is 18.7. The number of hydrogen-bond acceptors (Lipinski definition) is 3. The lowest BCUT2D eigenvalue weighted by Gasteiger charge is -2.14. The Balaban J connectivity index is 1.90. The average Bonchev–Trinajstić information content (AvgIpc) is 2.85. The van der Waals surface area contributed by atoms with E-state index in [1.165, 1.54) is 0 Å². The Bertz CT molecular complexity index is 714. The van der Waals surface area contributed by atoms with E-state index in [9.17, 15) is 4.79 Å². The summed E-state index contributed by atoms with van der Waals surface area (Å²) in [5.41, 5.74) is 3.48. The fourth-order valence-corrected chi connectivity index (χ4v) is 2.20. The molecule has 6 nitrogen and oxygen atoms in total. The Morgan fingerprint density at radius 3 is 2.91 bits per heavy atom. The van der Waals surface area contributed by atoms with Crippen LogP contribution in [0.5, 0.6) is 0 Å². The molecular weight excluding hydrogens is 278 g/mol. The maximum absolute atomic E-state index is 12.0. The van der Waals surface area contributed by atoms with Gasteiger partial charge in [-0.15, -0.1) is 0 Å². The van der Waals surface area contributed by atoms with Crippen LogP contribution in [0, 0.1) is 18.3 Å². The third kappa shape index (κ3) is 3.64. The molecule has 6 heteroatoms. The molecule has 2 amide bonds. The van der Waals surface area contributed by atoms with Crippen LogP contribution in [0.3, 0.4) is 0 Å². The number of rotatable bonds is 4. The SMILES string of the molecule is Cc1c([C@H](C)NC(=O)NCc2cccc(C#N)c2)cnn1C. The molecule has 1 aromatic carbocycles. The summed E-state index contributed by atoms with van der Waals surface area (Å²) in [4.78, 5) is 12.0. The standard InChI is InChI=1S/C16H19N5O/c1-11(15-10-19-21(3)12(15)2)20-16(22)18-9-14-6-4-5-13(7-14)8-17/h4-7,10-11H,9H2,1-3H3,(H2,18,20,22)/t11-/m0/s1. The predicted octanol–water partition coefficient (Wildman–Crippen LogP) is 2.16. The number of hydrogen-bond donors (Lipinski definition) is 2. The zero-order chi connectivity index (χ0) is 16.1. The zero-order valence-electron chi connectivity index (χ0n) is 12.9. The summed E-state index contributed by atoms with van der Waals surface area (Å²) in [6, 6.07) is 8.87. The van der Waals surface area contributed by atoms with Crippen LogP contribution in [0.2, 0.25) is 0 Å². The second-order valence-electron chi connectivity index (χ2n) is 5.17. The van der Waals surface area contributed by atoms with Gasteiger partial charge in [-0.05, 0) is 31.5 Å². The van der Waals surface area contributed by atoms with E-state index >= 15 is 0 Å². The van der Waals surface area contributed by atoms with Crippen LogP contribution in [0.25, 0.3) is 0 Å². The monoisotopic (exact) mass is 297 g/mol. The van der Waals surface area contributed by atoms with E-state index in [1.807, 2.05) is 27.0 Å². The number of nitriles is 1. The first-order valence-electron chi connectivity index (χ1n) is 7.03. The summed E-state index contributed by atoms with van der Waals surface area (Å²) < 4.78 is 1.78. The molecule has 114 valence electrons. The van der Waals surface area contributed by atoms with Crippen molar-refractivity contribution in [2.75, 3.05) is 0 Å². The van der Waals surface area contributed by atoms with E-state index in [1.54, 1.807) is 29.1 Å². The minimum Gasteiger partial charge on any atom is -0.334 e. The third-order valence-corrected chi connectivity index (χ3v) is 3.60. The van der Waals surface area contributed by atoms with Gasteiger partial charge in [-0.1, -0.05) is 12.1 Å². The summed E-state index contributed by atoms with van der Waals surface area (Å²) in [7, 11) is 1.87. The summed E-state index contributed by atoms with van der Waals surface area (Å²) in [6.07, 6.45) is 1.76. The van der Waals surface area contributed by atoms with E-state index in [0.717, 1.165) is 16.8 Å². The van der Waals surface area contributed by atoms with E-state index in [-0.39, 0.29) is 12.1 Å². The molecule has 1 heterocycles. The Kier molecular flexibility index (Phi) is 4.79. The fraction of sp³-hybridized carbons (Fsp3) is 0.312. The van der Waals surface area contributed by atoms with Crippen molar-refractivity contribution in [3.05, 3.63) is 52.8 Å². The van der Waals surface area contributed by atoms with Gasteiger partial charge in [0.15, 0.2) is 0 Å². The van der Waals surface area contributed by atoms with Crippen molar-refractivity contribution >= 4 is 6.03 Å². The van der Waals surface area contributed by atoms with Crippen LogP contribution in [0.15, 0.2) is 30.5 Å². The number of aryl methyl sites for hydroxylation is 1. The topological polar surface area (TPSA) is 82.7 Å². The summed E-state index contributed by atoms with van der Waals surface area (Å²) in [5.74, 6) is 0. The van der Waals surface area contributed by atoms with Crippen molar-refractivity contribution in [3.63, 3.8) is 0 Å². The number of nitrogens with one attached hydrogen (secondary N) is 2. The normalized spacial score (nSPS) is 11.5. The van der Waals surface area contributed by atoms with Gasteiger partial charge in [-0.2, -0.15) is 10.4 Å². The van der Waals surface area contributed by atoms with Crippen LogP contribution in [0.1, 0.15) is 35.3 Å². The quantitative estimate of drug-likeness (QED) is 0.907. The van der Waals surface area contributed by atoms with Crippen molar-refractivity contribution in [1.82, 2.24) is 20.4 Å². The van der Waals surface area contributed by atoms with Gasteiger partial charge in [-0.3, -0.25) is 4.68 Å². The maximum atomic E-state index is 12.0. The minimum atomic E-state index is -0.252. The number of carbonyl (C=O) groups excluding carboxylic acids is 1. The molecule has 1 atom stereocenters. The van der Waals surface area contributed by atoms with Crippen LogP contribution >= 0.6 is 0 Å². The molecule has 0 spiro atoms. The van der Waals surface area contributed by atoms with Gasteiger partial charge in [0, 0.05) is 24.8 Å². The highest BCUT2D eigenvalue weighted by atomic mass is 16.2. The molecule has 0 fully saturated rings. The van der Waals surface area contributed by atoms with E-state index < -0.39 is 0 Å². The largest absolute Gasteiger partial charge is 0.334 e. The van der Waals surface area contributed by atoms with E-state index in [0.29, 0.717) is 12.1 Å². The highest BCUT2D eigenvalue weighted by molar-refractivity contribution is 5.74. The third-order valence-electron chi connectivity index (χ3n) is 3.60. The van der Waals surface area contributed by atoms with Crippen molar-refractivity contribution in [3.8, 4) is 6.07 Å². The van der Waals surface area contributed by atoms with Gasteiger partial charge in [0.2, 0.25) is 0 Å². The van der Waals surface area contributed by atoms with Gasteiger partial charge in [0.05, 0.1) is 23.9 Å². The molecule has 0 bridgehead atoms. The van der Waals surface area contributed by atoms with Gasteiger partial charge in [0.25, 0.3) is 0 Å². The second-order valence-corrected chi connectivity index (χ2v) is 5.17. The van der Waals surface area contributed by atoms with Crippen LogP contribution in [-0.4, -0.2) is 15.8 Å². The molecule has 2 rings (SSSR count). The van der Waals surface area contributed by atoms with Crippen LogP contribution in [0.4, 0.5) is 4.79 Å². The number of urea groups is 1. The molecule has 0 aliphatic rings. The van der Waals surface area contributed by atoms with Crippen molar-refractivity contribution in [2.24, 2.45) is 7.05 Å². The van der Waals surface area contributed by atoms with Crippen molar-refractivity contribution in [2.45, 2.75) is 26.4 Å². The molecule has 0 radical (unpaired) electrons. The number of nitrogens with zero attached hydrogens (tertiary/aromatic N) is 3. The molecule has 2 N–H and O–H groups in total. The van der Waals surface area contributed by atoms with Crippen LogP contribution in [-0.2, 0) is 13.6 Å². The van der Waals surface area contributed by atoms with E-state index in [4.69, 9.17) is 5.26 Å². The van der Waals surface area contributed by atoms with Gasteiger partial charge in [-0.25, -0.2) is 4.79 Å². The molecule has 0 aliphatic carbocycles. The Labute approximate surface area is 129 Å². The predicted molar refractivity (Wildman–Crippen MR) is 82.9 cm³/mol. The Morgan fingerprint density at radius 2 is 2.27 bits per heavy atom. The average molecular weight is 297 g/mol. The molecule has 0 saturated heterocycles. The highest BCUT2D eigenvalue weighted by Crippen LogP contribution is 2.15. The maximum Gasteiger partial charge on any atom is 0.315 e. The molecule has 0 unspecified atom stereocenters. The fourth-order valence-electron chi connectivity index (χ4n) is 2.20. The lowest BCUT2D eigenvalue weighted by Crippen LogP contribution is -2.36. The number of carbonyl (C=O) groups is 1. The highest BCUT2D eigenvalue weighted by Gasteiger charge is 2.14. The number of amides is 2. The van der Waals surface area contributed by atoms with Gasteiger partial charge < -0.3 is 10.6 Å². The first kappa shape index (κ1) is 15.6. The summed E-state index contributed by atoms with van der Waals surface area (Å²) in [6.45, 7) is 4.26. The smallest absolute Gasteiger partial charge is 0.315 e. The Hall–Kier alpha value is -2.81. The molecular formula is C16H19N5O. The molecule has 0 aliphatic heterocycles. The molecule has 1 aromatic heterocycles. The lowest BCUT2D eigenvalue weighted by atomic mass is 10.1. The number of aromatic nitrogens is 2. The van der Waals surface area contributed by atoms with Gasteiger partial charge in [0.1, 0.15) is 0 Å². The minimum absolute atomic E-state index is 0.126. The second kappa shape index (κ2) is 6.76.